The molecule has 0 aliphatic carbocycles. The molecule has 0 bridgehead atoms. The van der Waals surface area contributed by atoms with E-state index in [1.165, 1.54) is 16.7 Å². The van der Waals surface area contributed by atoms with E-state index < -0.39 is 23.1 Å². The lowest BCUT2D eigenvalue weighted by molar-refractivity contribution is -0.133. The highest BCUT2D eigenvalue weighted by molar-refractivity contribution is 6.30. The van der Waals surface area contributed by atoms with Crippen molar-refractivity contribution in [3.8, 4) is 5.69 Å². The van der Waals surface area contributed by atoms with Crippen molar-refractivity contribution in [2.45, 2.75) is 32.7 Å². The van der Waals surface area contributed by atoms with E-state index in [0.717, 1.165) is 29.0 Å². The third-order valence-corrected chi connectivity index (χ3v) is 5.86. The van der Waals surface area contributed by atoms with E-state index in [9.17, 15) is 18.8 Å². The molecule has 0 saturated carbocycles. The van der Waals surface area contributed by atoms with E-state index in [2.05, 4.69) is 0 Å². The van der Waals surface area contributed by atoms with Gasteiger partial charge in [-0.2, -0.15) is 0 Å². The van der Waals surface area contributed by atoms with Gasteiger partial charge in [0, 0.05) is 13.1 Å². The Morgan fingerprint density at radius 2 is 1.80 bits per heavy atom. The average Bonchev–Trinajstić information content (AvgIpc) is 3.25. The summed E-state index contributed by atoms with van der Waals surface area (Å²) < 4.78 is 15.9. The number of hydrogen-bond acceptors (Lipinski definition) is 3. The Labute approximate surface area is 177 Å². The highest BCUT2D eigenvalue weighted by atomic mass is 35.5. The Hall–Kier alpha value is -2.93. The lowest BCUT2D eigenvalue weighted by atomic mass is 10.1. The fourth-order valence-electron chi connectivity index (χ4n) is 3.99. The molecule has 1 saturated heterocycles. The summed E-state index contributed by atoms with van der Waals surface area (Å²) in [6.07, 6.45) is 1.86. The average molecular weight is 430 g/mol. The van der Waals surface area contributed by atoms with Gasteiger partial charge < -0.3 is 4.90 Å². The van der Waals surface area contributed by atoms with E-state index in [1.54, 1.807) is 30.0 Å². The minimum Gasteiger partial charge on any atom is -0.341 e. The highest BCUT2D eigenvalue weighted by Gasteiger charge is 2.28. The third-order valence-electron chi connectivity index (χ3n) is 5.57. The van der Waals surface area contributed by atoms with Gasteiger partial charge in [0.15, 0.2) is 0 Å². The van der Waals surface area contributed by atoms with Crippen LogP contribution in [0.3, 0.4) is 0 Å². The van der Waals surface area contributed by atoms with Gasteiger partial charge in [0.1, 0.15) is 11.9 Å². The smallest absolute Gasteiger partial charge is 0.336 e. The van der Waals surface area contributed by atoms with Crippen LogP contribution in [0.5, 0.6) is 0 Å². The second kappa shape index (κ2) is 7.72. The fourth-order valence-corrected chi connectivity index (χ4v) is 4.16. The first-order valence-electron chi connectivity index (χ1n) is 9.81. The zero-order valence-electron chi connectivity index (χ0n) is 16.7. The second-order valence-electron chi connectivity index (χ2n) is 7.62. The Morgan fingerprint density at radius 3 is 2.47 bits per heavy atom. The van der Waals surface area contributed by atoms with Crippen LogP contribution in [-0.4, -0.2) is 33.0 Å². The second-order valence-corrected chi connectivity index (χ2v) is 8.03. The molecule has 8 heteroatoms. The van der Waals surface area contributed by atoms with Crippen LogP contribution >= 0.6 is 11.6 Å². The maximum absolute atomic E-state index is 13.7. The number of likely N-dealkylation sites (tertiary alicyclic amines) is 1. The molecule has 156 valence electrons. The van der Waals surface area contributed by atoms with Gasteiger partial charge >= 0.3 is 5.69 Å². The Bertz CT molecular complexity index is 1280. The molecule has 1 aromatic heterocycles. The number of aromatic nitrogens is 2. The molecule has 2 heterocycles. The largest absolute Gasteiger partial charge is 0.341 e. The summed E-state index contributed by atoms with van der Waals surface area (Å²) in [5.74, 6) is -0.818. The minimum atomic E-state index is -0.802. The fraction of sp³-hybridized carbons (Fsp3) is 0.318. The predicted octanol–water partition coefficient (Wildman–Crippen LogP) is 3.44. The van der Waals surface area contributed by atoms with Crippen molar-refractivity contribution in [1.82, 2.24) is 14.0 Å². The van der Waals surface area contributed by atoms with Crippen LogP contribution in [0.4, 0.5) is 4.39 Å². The van der Waals surface area contributed by atoms with Crippen molar-refractivity contribution in [2.24, 2.45) is 0 Å². The maximum Gasteiger partial charge on any atom is 0.336 e. The molecular formula is C22H21ClFN3O3. The number of halogens is 2. The molecule has 6 nitrogen and oxygen atoms in total. The lowest BCUT2D eigenvalue weighted by Crippen LogP contribution is -2.44. The monoisotopic (exact) mass is 429 g/mol. The first-order chi connectivity index (χ1) is 14.3. The molecule has 1 atom stereocenters. The van der Waals surface area contributed by atoms with E-state index in [0.29, 0.717) is 24.0 Å². The van der Waals surface area contributed by atoms with Crippen molar-refractivity contribution >= 4 is 28.4 Å². The van der Waals surface area contributed by atoms with Gasteiger partial charge in [0.05, 0.1) is 21.6 Å². The number of fused-ring (bicyclic) bond motifs is 1. The molecule has 1 aliphatic heterocycles. The molecular weight excluding hydrogens is 409 g/mol. The minimum absolute atomic E-state index is 0.148. The predicted molar refractivity (Wildman–Crippen MR) is 114 cm³/mol. The molecule has 1 fully saturated rings. The number of benzene rings is 2. The third kappa shape index (κ3) is 3.33. The Morgan fingerprint density at radius 1 is 1.10 bits per heavy atom. The number of rotatable bonds is 3. The van der Waals surface area contributed by atoms with Crippen molar-refractivity contribution in [3.05, 3.63) is 73.6 Å². The molecule has 0 spiro atoms. The van der Waals surface area contributed by atoms with Gasteiger partial charge in [-0.05, 0) is 57.0 Å². The molecule has 30 heavy (non-hydrogen) atoms. The molecule has 3 aromatic rings. The summed E-state index contributed by atoms with van der Waals surface area (Å²) in [7, 11) is 0. The van der Waals surface area contributed by atoms with Gasteiger partial charge in [0.2, 0.25) is 5.91 Å². The molecule has 1 unspecified atom stereocenters. The van der Waals surface area contributed by atoms with Gasteiger partial charge in [-0.1, -0.05) is 23.2 Å². The number of hydrogen-bond donors (Lipinski definition) is 0. The zero-order valence-corrected chi connectivity index (χ0v) is 17.4. The van der Waals surface area contributed by atoms with Crippen molar-refractivity contribution < 1.29 is 9.18 Å². The summed E-state index contributed by atoms with van der Waals surface area (Å²) in [6.45, 7) is 4.81. The van der Waals surface area contributed by atoms with Crippen molar-refractivity contribution in [3.63, 3.8) is 0 Å². The van der Waals surface area contributed by atoms with Crippen LogP contribution in [0.25, 0.3) is 16.6 Å². The van der Waals surface area contributed by atoms with Gasteiger partial charge in [-0.3, -0.25) is 14.2 Å². The van der Waals surface area contributed by atoms with Gasteiger partial charge in [-0.25, -0.2) is 13.8 Å². The number of amides is 1. The summed E-state index contributed by atoms with van der Waals surface area (Å²) in [4.78, 5) is 41.5. The van der Waals surface area contributed by atoms with Crippen LogP contribution in [0, 0.1) is 12.7 Å². The van der Waals surface area contributed by atoms with Crippen LogP contribution < -0.4 is 11.2 Å². The first-order valence-corrected chi connectivity index (χ1v) is 10.2. The quantitative estimate of drug-likeness (QED) is 0.640. The van der Waals surface area contributed by atoms with Crippen LogP contribution in [0.1, 0.15) is 31.4 Å². The summed E-state index contributed by atoms with van der Waals surface area (Å²) in [6, 6.07) is 8.02. The Kier molecular flexibility index (Phi) is 5.24. The van der Waals surface area contributed by atoms with Crippen molar-refractivity contribution in [1.29, 1.82) is 0 Å². The Balaban J connectivity index is 2.01. The van der Waals surface area contributed by atoms with Crippen LogP contribution in [0.2, 0.25) is 5.02 Å². The van der Waals surface area contributed by atoms with E-state index in [-0.39, 0.29) is 16.6 Å². The molecule has 0 radical (unpaired) electrons. The first kappa shape index (κ1) is 20.3. The summed E-state index contributed by atoms with van der Waals surface area (Å²) in [5.41, 5.74) is 0.166. The number of carbonyl (C=O) groups is 1. The van der Waals surface area contributed by atoms with E-state index in [1.807, 2.05) is 6.92 Å². The molecule has 1 amide bonds. The molecule has 4 rings (SSSR count). The van der Waals surface area contributed by atoms with Crippen molar-refractivity contribution in [2.75, 3.05) is 13.1 Å². The lowest BCUT2D eigenvalue weighted by Gasteiger charge is -2.24. The zero-order chi connectivity index (χ0) is 21.6. The van der Waals surface area contributed by atoms with Crippen LogP contribution in [0.15, 0.2) is 46.0 Å². The molecule has 1 aliphatic rings. The number of nitrogens with zero attached hydrogens (tertiary/aromatic N) is 3. The topological polar surface area (TPSA) is 64.3 Å². The van der Waals surface area contributed by atoms with E-state index >= 15 is 0 Å². The van der Waals surface area contributed by atoms with Crippen LogP contribution in [-0.2, 0) is 4.79 Å². The summed E-state index contributed by atoms with van der Waals surface area (Å²) in [5, 5.41) is 0.104. The standard InChI is InChI=1S/C22H21ClFN3O3/c1-13-5-8-19-16(11-13)21(29)27(15-6-7-18(24)17(23)12-15)22(30)26(19)14(2)20(28)25-9-3-4-10-25/h5-8,11-12,14H,3-4,9-10H2,1-2H3. The maximum atomic E-state index is 13.7. The normalized spacial score (nSPS) is 15.0. The number of carbonyl (C=O) groups excluding carboxylic acids is 1. The highest BCUT2D eigenvalue weighted by Crippen LogP contribution is 2.21. The van der Waals surface area contributed by atoms with Gasteiger partial charge in [-0.15, -0.1) is 0 Å². The number of aryl methyl sites for hydroxylation is 1. The molecule has 2 aromatic carbocycles. The molecule has 0 N–H and O–H groups in total. The summed E-state index contributed by atoms with van der Waals surface area (Å²) >= 11 is 5.89. The SMILES string of the molecule is Cc1ccc2c(c1)c(=O)n(-c1ccc(F)c(Cl)c1)c(=O)n2C(C)C(=O)N1CCCC1. The van der Waals surface area contributed by atoms with E-state index in [4.69, 9.17) is 11.6 Å². The van der Waals surface area contributed by atoms with Gasteiger partial charge in [0.25, 0.3) is 5.56 Å².